The monoisotopic (exact) mass is 322 g/mol. The second-order valence-corrected chi connectivity index (χ2v) is 5.78. The van der Waals surface area contributed by atoms with Crippen LogP contribution in [0.15, 0.2) is 24.3 Å². The van der Waals surface area contributed by atoms with Crippen LogP contribution in [0.3, 0.4) is 0 Å². The summed E-state index contributed by atoms with van der Waals surface area (Å²) in [7, 11) is 0. The first kappa shape index (κ1) is 18.8. The van der Waals surface area contributed by atoms with Crippen LogP contribution in [0, 0.1) is 5.92 Å². The number of carboxylic acids is 1. The Morgan fingerprint density at radius 2 is 1.78 bits per heavy atom. The molecule has 1 aromatic rings. The predicted octanol–water partition coefficient (Wildman–Crippen LogP) is 2.43. The summed E-state index contributed by atoms with van der Waals surface area (Å²) >= 11 is 0. The Morgan fingerprint density at radius 3 is 2.39 bits per heavy atom. The number of nitrogens with one attached hydrogen (secondary N) is 2. The summed E-state index contributed by atoms with van der Waals surface area (Å²) in [6, 6.07) is 7.57. The number of amides is 2. The first-order chi connectivity index (χ1) is 11.0. The van der Waals surface area contributed by atoms with E-state index < -0.39 is 5.97 Å². The van der Waals surface area contributed by atoms with Crippen LogP contribution >= 0.6 is 0 Å². The normalized spacial score (nSPS) is 10.4. The topological polar surface area (TPSA) is 87.7 Å². The molecular formula is C17H26N2O4. The van der Waals surface area contributed by atoms with Gasteiger partial charge in [0.25, 0.3) is 0 Å². The van der Waals surface area contributed by atoms with Crippen molar-refractivity contribution in [1.82, 2.24) is 10.6 Å². The highest BCUT2D eigenvalue weighted by Gasteiger charge is 2.02. The van der Waals surface area contributed by atoms with Crippen LogP contribution in [-0.2, 0) is 11.2 Å². The van der Waals surface area contributed by atoms with Gasteiger partial charge in [0.05, 0.1) is 6.61 Å². The predicted molar refractivity (Wildman–Crippen MR) is 88.8 cm³/mol. The van der Waals surface area contributed by atoms with Crippen LogP contribution in [0.25, 0.3) is 0 Å². The molecule has 0 saturated heterocycles. The van der Waals surface area contributed by atoms with Crippen molar-refractivity contribution in [2.24, 2.45) is 5.92 Å². The average molecular weight is 322 g/mol. The molecule has 6 heteroatoms. The van der Waals surface area contributed by atoms with Crippen molar-refractivity contribution in [1.29, 1.82) is 0 Å². The Balaban J connectivity index is 2.17. The van der Waals surface area contributed by atoms with E-state index in [1.165, 1.54) is 0 Å². The highest BCUT2D eigenvalue weighted by Crippen LogP contribution is 2.13. The fourth-order valence-electron chi connectivity index (χ4n) is 1.84. The number of hydrogen-bond acceptors (Lipinski definition) is 3. The molecule has 3 N–H and O–H groups in total. The molecule has 1 rings (SSSR count). The maximum Gasteiger partial charge on any atom is 0.314 e. The zero-order chi connectivity index (χ0) is 17.1. The van der Waals surface area contributed by atoms with E-state index in [-0.39, 0.29) is 12.5 Å². The minimum Gasteiger partial charge on any atom is -0.493 e. The third kappa shape index (κ3) is 9.39. The summed E-state index contributed by atoms with van der Waals surface area (Å²) in [6.45, 7) is 5.79. The van der Waals surface area contributed by atoms with Crippen molar-refractivity contribution in [3.8, 4) is 5.75 Å². The highest BCUT2D eigenvalue weighted by molar-refractivity contribution is 5.73. The number of ether oxygens (including phenoxy) is 1. The van der Waals surface area contributed by atoms with E-state index in [0.29, 0.717) is 32.0 Å². The van der Waals surface area contributed by atoms with Gasteiger partial charge in [-0.1, -0.05) is 26.0 Å². The summed E-state index contributed by atoms with van der Waals surface area (Å²) in [6.07, 6.45) is 1.22. The molecule has 0 radical (unpaired) electrons. The Hall–Kier alpha value is -2.24. The molecule has 0 aliphatic rings. The molecule has 2 amide bonds. The van der Waals surface area contributed by atoms with Gasteiger partial charge in [-0.15, -0.1) is 0 Å². The number of aliphatic carboxylic acids is 1. The van der Waals surface area contributed by atoms with E-state index in [1.807, 2.05) is 24.3 Å². The van der Waals surface area contributed by atoms with Gasteiger partial charge in [0.2, 0.25) is 0 Å². The van der Waals surface area contributed by atoms with Crippen molar-refractivity contribution >= 4 is 12.0 Å². The van der Waals surface area contributed by atoms with Crippen LogP contribution in [0.1, 0.15) is 32.3 Å². The number of rotatable bonds is 10. The zero-order valence-corrected chi connectivity index (χ0v) is 13.8. The van der Waals surface area contributed by atoms with E-state index >= 15 is 0 Å². The fraction of sp³-hybridized carbons (Fsp3) is 0.529. The lowest BCUT2D eigenvalue weighted by Gasteiger charge is -2.10. The Kier molecular flexibility index (Phi) is 8.57. The number of hydrogen-bond donors (Lipinski definition) is 3. The van der Waals surface area contributed by atoms with Gasteiger partial charge in [0.15, 0.2) is 0 Å². The Labute approximate surface area is 137 Å². The van der Waals surface area contributed by atoms with Gasteiger partial charge in [0.1, 0.15) is 5.75 Å². The number of benzene rings is 1. The molecule has 0 saturated carbocycles. The lowest BCUT2D eigenvalue weighted by atomic mass is 10.1. The molecule has 0 aromatic heterocycles. The molecule has 6 nitrogen and oxygen atoms in total. The van der Waals surface area contributed by atoms with E-state index in [9.17, 15) is 9.59 Å². The van der Waals surface area contributed by atoms with Gasteiger partial charge in [-0.3, -0.25) is 4.79 Å². The van der Waals surface area contributed by atoms with Crippen LogP contribution in [0.4, 0.5) is 4.79 Å². The van der Waals surface area contributed by atoms with Gasteiger partial charge in [-0.2, -0.15) is 0 Å². The van der Waals surface area contributed by atoms with Crippen LogP contribution in [0.5, 0.6) is 5.75 Å². The van der Waals surface area contributed by atoms with Gasteiger partial charge in [-0.05, 0) is 36.5 Å². The summed E-state index contributed by atoms with van der Waals surface area (Å²) in [5, 5.41) is 13.9. The molecular weight excluding hydrogens is 296 g/mol. The molecule has 23 heavy (non-hydrogen) atoms. The molecule has 1 aromatic carbocycles. The second-order valence-electron chi connectivity index (χ2n) is 5.78. The van der Waals surface area contributed by atoms with E-state index in [1.54, 1.807) is 0 Å². The highest BCUT2D eigenvalue weighted by atomic mass is 16.5. The minimum atomic E-state index is -0.854. The SMILES string of the molecule is CC(C)COc1ccc(CCNC(=O)NCCCC(=O)O)cc1. The van der Waals surface area contributed by atoms with E-state index in [2.05, 4.69) is 24.5 Å². The lowest BCUT2D eigenvalue weighted by molar-refractivity contribution is -0.137. The molecule has 128 valence electrons. The number of carbonyl (C=O) groups excluding carboxylic acids is 1. The number of carbonyl (C=O) groups is 2. The van der Waals surface area contributed by atoms with E-state index in [4.69, 9.17) is 9.84 Å². The molecule has 0 aliphatic carbocycles. The van der Waals surface area contributed by atoms with Gasteiger partial charge >= 0.3 is 12.0 Å². The van der Waals surface area contributed by atoms with Crippen LogP contribution < -0.4 is 15.4 Å². The molecule has 0 spiro atoms. The summed E-state index contributed by atoms with van der Waals surface area (Å²) < 4.78 is 5.62. The average Bonchev–Trinajstić information content (AvgIpc) is 2.50. The van der Waals surface area contributed by atoms with Crippen LogP contribution in [0.2, 0.25) is 0 Å². The van der Waals surface area contributed by atoms with Crippen molar-refractivity contribution in [3.05, 3.63) is 29.8 Å². The van der Waals surface area contributed by atoms with Crippen LogP contribution in [-0.4, -0.2) is 36.8 Å². The molecule has 0 aliphatic heterocycles. The summed E-state index contributed by atoms with van der Waals surface area (Å²) in [5.74, 6) is 0.493. The maximum absolute atomic E-state index is 11.5. The van der Waals surface area contributed by atoms with Crippen molar-refractivity contribution < 1.29 is 19.4 Å². The number of urea groups is 1. The largest absolute Gasteiger partial charge is 0.493 e. The third-order valence-electron chi connectivity index (χ3n) is 3.06. The van der Waals surface area contributed by atoms with Crippen molar-refractivity contribution in [2.75, 3.05) is 19.7 Å². The smallest absolute Gasteiger partial charge is 0.314 e. The third-order valence-corrected chi connectivity index (χ3v) is 3.06. The van der Waals surface area contributed by atoms with Gasteiger partial charge in [0, 0.05) is 19.5 Å². The molecule has 0 fully saturated rings. The molecule has 0 bridgehead atoms. The minimum absolute atomic E-state index is 0.0610. The standard InChI is InChI=1S/C17H26N2O4/c1-13(2)12-23-15-7-5-14(6-8-15)9-11-19-17(22)18-10-3-4-16(20)21/h5-8,13H,3-4,9-12H2,1-2H3,(H,20,21)(H2,18,19,22). The second kappa shape index (κ2) is 10.5. The van der Waals surface area contributed by atoms with E-state index in [0.717, 1.165) is 17.7 Å². The Morgan fingerprint density at radius 1 is 1.13 bits per heavy atom. The first-order valence-corrected chi connectivity index (χ1v) is 7.92. The molecule has 0 unspecified atom stereocenters. The summed E-state index contributed by atoms with van der Waals surface area (Å²) in [5.41, 5.74) is 1.12. The maximum atomic E-state index is 11.5. The molecule has 0 atom stereocenters. The quantitative estimate of drug-likeness (QED) is 0.577. The summed E-state index contributed by atoms with van der Waals surface area (Å²) in [4.78, 5) is 21.8. The first-order valence-electron chi connectivity index (χ1n) is 7.92. The van der Waals surface area contributed by atoms with Crippen molar-refractivity contribution in [3.63, 3.8) is 0 Å². The van der Waals surface area contributed by atoms with Gasteiger partial charge in [-0.25, -0.2) is 4.79 Å². The Bertz CT molecular complexity index is 486. The van der Waals surface area contributed by atoms with Gasteiger partial charge < -0.3 is 20.5 Å². The number of carboxylic acid groups (broad SMARTS) is 1. The molecule has 0 heterocycles. The van der Waals surface area contributed by atoms with Crippen molar-refractivity contribution in [2.45, 2.75) is 33.1 Å². The zero-order valence-electron chi connectivity index (χ0n) is 13.8. The lowest BCUT2D eigenvalue weighted by Crippen LogP contribution is -2.37. The fourth-order valence-corrected chi connectivity index (χ4v) is 1.84.